The third-order valence-electron chi connectivity index (χ3n) is 3.11. The van der Waals surface area contributed by atoms with E-state index in [2.05, 4.69) is 18.7 Å². The van der Waals surface area contributed by atoms with E-state index in [0.717, 1.165) is 24.4 Å². The minimum Gasteiger partial charge on any atom is -0.497 e. The molecule has 0 aliphatic carbocycles. The summed E-state index contributed by atoms with van der Waals surface area (Å²) < 4.78 is 5.08. The Balaban J connectivity index is 2.80. The van der Waals surface area contributed by atoms with Crippen LogP contribution in [0.5, 0.6) is 5.75 Å². The van der Waals surface area contributed by atoms with Gasteiger partial charge in [-0.25, -0.2) is 0 Å². The van der Waals surface area contributed by atoms with E-state index < -0.39 is 0 Å². The molecule has 0 spiro atoms. The second-order valence-corrected chi connectivity index (χ2v) is 3.99. The van der Waals surface area contributed by atoms with E-state index in [4.69, 9.17) is 4.74 Å². The van der Waals surface area contributed by atoms with Gasteiger partial charge in [0.2, 0.25) is 0 Å². The standard InChI is InChI=1S/C14H21NO2/c1-5-15(6-2)11(3)14(16)12-7-9-13(17-4)10-8-12/h7-11H,5-6H2,1-4H3. The summed E-state index contributed by atoms with van der Waals surface area (Å²) in [7, 11) is 1.62. The fraction of sp³-hybridized carbons (Fsp3) is 0.500. The van der Waals surface area contributed by atoms with Gasteiger partial charge in [0.25, 0.3) is 0 Å². The largest absolute Gasteiger partial charge is 0.497 e. The number of benzene rings is 1. The van der Waals surface area contributed by atoms with Gasteiger partial charge in [-0.2, -0.15) is 0 Å². The van der Waals surface area contributed by atoms with Crippen LogP contribution in [-0.4, -0.2) is 36.9 Å². The quantitative estimate of drug-likeness (QED) is 0.710. The van der Waals surface area contributed by atoms with Crippen LogP contribution in [0, 0.1) is 0 Å². The van der Waals surface area contributed by atoms with E-state index in [1.807, 2.05) is 31.2 Å². The van der Waals surface area contributed by atoms with Gasteiger partial charge < -0.3 is 4.74 Å². The lowest BCUT2D eigenvalue weighted by Crippen LogP contribution is -2.38. The van der Waals surface area contributed by atoms with Crippen molar-refractivity contribution in [1.29, 1.82) is 0 Å². The zero-order chi connectivity index (χ0) is 12.8. The van der Waals surface area contributed by atoms with Gasteiger partial charge in [-0.15, -0.1) is 0 Å². The van der Waals surface area contributed by atoms with Gasteiger partial charge in [0.15, 0.2) is 5.78 Å². The summed E-state index contributed by atoms with van der Waals surface area (Å²) in [5, 5.41) is 0. The number of nitrogens with zero attached hydrogens (tertiary/aromatic N) is 1. The molecule has 0 bridgehead atoms. The lowest BCUT2D eigenvalue weighted by atomic mass is 10.0. The molecule has 1 unspecified atom stereocenters. The smallest absolute Gasteiger partial charge is 0.179 e. The first-order valence-electron chi connectivity index (χ1n) is 6.06. The molecule has 0 saturated heterocycles. The number of ketones is 1. The van der Waals surface area contributed by atoms with Gasteiger partial charge in [-0.3, -0.25) is 9.69 Å². The van der Waals surface area contributed by atoms with Crippen LogP contribution >= 0.6 is 0 Å². The Morgan fingerprint density at radius 1 is 1.24 bits per heavy atom. The van der Waals surface area contributed by atoms with Gasteiger partial charge in [0.1, 0.15) is 5.75 Å². The summed E-state index contributed by atoms with van der Waals surface area (Å²) in [6, 6.07) is 7.21. The number of hydrogen-bond acceptors (Lipinski definition) is 3. The van der Waals surface area contributed by atoms with E-state index in [1.54, 1.807) is 7.11 Å². The minimum atomic E-state index is -0.0709. The Morgan fingerprint density at radius 3 is 2.18 bits per heavy atom. The van der Waals surface area contributed by atoms with Crippen LogP contribution in [0.2, 0.25) is 0 Å². The van der Waals surface area contributed by atoms with E-state index >= 15 is 0 Å². The Bertz CT molecular complexity index is 355. The molecular weight excluding hydrogens is 214 g/mol. The molecule has 0 aromatic heterocycles. The van der Waals surface area contributed by atoms with Crippen LogP contribution in [0.15, 0.2) is 24.3 Å². The fourth-order valence-electron chi connectivity index (χ4n) is 1.93. The molecule has 0 amide bonds. The van der Waals surface area contributed by atoms with Crippen molar-refractivity contribution in [3.05, 3.63) is 29.8 Å². The second kappa shape index (κ2) is 6.40. The fourth-order valence-corrected chi connectivity index (χ4v) is 1.93. The maximum absolute atomic E-state index is 12.2. The predicted molar refractivity (Wildman–Crippen MR) is 69.7 cm³/mol. The zero-order valence-electron chi connectivity index (χ0n) is 11.1. The van der Waals surface area contributed by atoms with Crippen molar-refractivity contribution in [3.63, 3.8) is 0 Å². The molecule has 3 heteroatoms. The zero-order valence-corrected chi connectivity index (χ0v) is 11.1. The number of hydrogen-bond donors (Lipinski definition) is 0. The minimum absolute atomic E-state index is 0.0709. The molecule has 1 rings (SSSR count). The molecule has 3 nitrogen and oxygen atoms in total. The summed E-state index contributed by atoms with van der Waals surface area (Å²) in [5.41, 5.74) is 0.741. The van der Waals surface area contributed by atoms with Crippen molar-refractivity contribution in [2.45, 2.75) is 26.8 Å². The number of carbonyl (C=O) groups is 1. The molecule has 0 N–H and O–H groups in total. The molecule has 94 valence electrons. The predicted octanol–water partition coefficient (Wildman–Crippen LogP) is 2.61. The van der Waals surface area contributed by atoms with E-state index in [0.29, 0.717) is 0 Å². The molecule has 0 fully saturated rings. The van der Waals surface area contributed by atoms with E-state index in [-0.39, 0.29) is 11.8 Å². The van der Waals surface area contributed by atoms with Crippen molar-refractivity contribution in [2.75, 3.05) is 20.2 Å². The maximum Gasteiger partial charge on any atom is 0.179 e. The molecule has 0 aliphatic rings. The highest BCUT2D eigenvalue weighted by Crippen LogP contribution is 2.14. The van der Waals surface area contributed by atoms with Crippen LogP contribution in [0.1, 0.15) is 31.1 Å². The average Bonchev–Trinajstić information content (AvgIpc) is 2.39. The number of carbonyl (C=O) groups excluding carboxylic acids is 1. The Kier molecular flexibility index (Phi) is 5.16. The second-order valence-electron chi connectivity index (χ2n) is 3.99. The van der Waals surface area contributed by atoms with Crippen molar-refractivity contribution < 1.29 is 9.53 Å². The number of likely N-dealkylation sites (N-methyl/N-ethyl adjacent to an activating group) is 1. The number of rotatable bonds is 6. The monoisotopic (exact) mass is 235 g/mol. The topological polar surface area (TPSA) is 29.5 Å². The van der Waals surface area contributed by atoms with Crippen LogP contribution < -0.4 is 4.74 Å². The third kappa shape index (κ3) is 3.30. The average molecular weight is 235 g/mol. The molecular formula is C14H21NO2. The van der Waals surface area contributed by atoms with Gasteiger partial charge >= 0.3 is 0 Å². The Hall–Kier alpha value is -1.35. The Labute approximate surface area is 103 Å². The molecule has 1 aromatic rings. The highest BCUT2D eigenvalue weighted by Gasteiger charge is 2.19. The third-order valence-corrected chi connectivity index (χ3v) is 3.11. The van der Waals surface area contributed by atoms with Gasteiger partial charge in [-0.05, 0) is 44.3 Å². The van der Waals surface area contributed by atoms with Crippen LogP contribution in [-0.2, 0) is 0 Å². The summed E-state index contributed by atoms with van der Waals surface area (Å²) in [5.74, 6) is 0.938. The molecule has 1 atom stereocenters. The van der Waals surface area contributed by atoms with E-state index in [9.17, 15) is 4.79 Å². The van der Waals surface area contributed by atoms with Crippen LogP contribution in [0.3, 0.4) is 0 Å². The van der Waals surface area contributed by atoms with Gasteiger partial charge in [0, 0.05) is 5.56 Å². The van der Waals surface area contributed by atoms with Gasteiger partial charge in [-0.1, -0.05) is 13.8 Å². The number of Topliss-reactive ketones (excluding diaryl/α,β-unsaturated/α-hetero) is 1. The SMILES string of the molecule is CCN(CC)C(C)C(=O)c1ccc(OC)cc1. The first-order chi connectivity index (χ1) is 8.13. The van der Waals surface area contributed by atoms with Crippen molar-refractivity contribution >= 4 is 5.78 Å². The summed E-state index contributed by atoms with van der Waals surface area (Å²) >= 11 is 0. The first-order valence-corrected chi connectivity index (χ1v) is 6.06. The molecule has 0 heterocycles. The van der Waals surface area contributed by atoms with Crippen LogP contribution in [0.4, 0.5) is 0 Å². The van der Waals surface area contributed by atoms with Crippen molar-refractivity contribution in [2.24, 2.45) is 0 Å². The number of methoxy groups -OCH3 is 1. The highest BCUT2D eigenvalue weighted by molar-refractivity contribution is 5.99. The lowest BCUT2D eigenvalue weighted by Gasteiger charge is -2.25. The molecule has 0 saturated carbocycles. The van der Waals surface area contributed by atoms with Gasteiger partial charge in [0.05, 0.1) is 13.2 Å². The lowest BCUT2D eigenvalue weighted by molar-refractivity contribution is 0.0851. The normalized spacial score (nSPS) is 12.5. The molecule has 0 radical (unpaired) electrons. The first kappa shape index (κ1) is 13.7. The maximum atomic E-state index is 12.2. The van der Waals surface area contributed by atoms with Crippen molar-refractivity contribution in [1.82, 2.24) is 4.90 Å². The summed E-state index contributed by atoms with van der Waals surface area (Å²) in [6.45, 7) is 7.88. The molecule has 17 heavy (non-hydrogen) atoms. The van der Waals surface area contributed by atoms with E-state index in [1.165, 1.54) is 0 Å². The summed E-state index contributed by atoms with van der Waals surface area (Å²) in [6.07, 6.45) is 0. The number of ether oxygens (including phenoxy) is 1. The molecule has 1 aromatic carbocycles. The summed E-state index contributed by atoms with van der Waals surface area (Å²) in [4.78, 5) is 14.4. The Morgan fingerprint density at radius 2 is 1.76 bits per heavy atom. The van der Waals surface area contributed by atoms with Crippen LogP contribution in [0.25, 0.3) is 0 Å². The molecule has 0 aliphatic heterocycles. The van der Waals surface area contributed by atoms with Crippen molar-refractivity contribution in [3.8, 4) is 5.75 Å². The highest BCUT2D eigenvalue weighted by atomic mass is 16.5.